The van der Waals surface area contributed by atoms with Gasteiger partial charge in [-0.15, -0.1) is 0 Å². The topological polar surface area (TPSA) is 38.7 Å². The van der Waals surface area contributed by atoms with Crippen molar-refractivity contribution in [2.45, 2.75) is 58.5 Å². The van der Waals surface area contributed by atoms with Crippen LogP contribution in [0.4, 0.5) is 0 Å². The molecule has 1 atom stereocenters. The van der Waals surface area contributed by atoms with E-state index in [0.29, 0.717) is 12.4 Å². The van der Waals surface area contributed by atoms with E-state index in [-0.39, 0.29) is 25.0 Å². The van der Waals surface area contributed by atoms with E-state index in [1.165, 1.54) is 16.7 Å². The van der Waals surface area contributed by atoms with Crippen LogP contribution < -0.4 is 9.47 Å². The second kappa shape index (κ2) is 6.73. The minimum atomic E-state index is -0.113. The zero-order chi connectivity index (χ0) is 17.8. The molecule has 0 fully saturated rings. The summed E-state index contributed by atoms with van der Waals surface area (Å²) in [4.78, 5) is 0. The summed E-state index contributed by atoms with van der Waals surface area (Å²) in [6.07, 6.45) is 2.89. The number of phenols is 1. The molecule has 26 heavy (non-hydrogen) atoms. The highest BCUT2D eigenvalue weighted by atomic mass is 32.1. The first-order valence-corrected chi connectivity index (χ1v) is 9.11. The first-order chi connectivity index (χ1) is 11.8. The van der Waals surface area contributed by atoms with Gasteiger partial charge in [0, 0.05) is 17.0 Å². The van der Waals surface area contributed by atoms with Crippen LogP contribution in [0.1, 0.15) is 54.0 Å². The highest BCUT2D eigenvalue weighted by molar-refractivity contribution is 7.59. The zero-order valence-corrected chi connectivity index (χ0v) is 17.0. The Morgan fingerprint density at radius 2 is 1.88 bits per heavy atom. The molecule has 0 saturated heterocycles. The smallest absolute Gasteiger partial charge is 0.129 e. The van der Waals surface area contributed by atoms with E-state index in [1.807, 2.05) is 19.1 Å². The van der Waals surface area contributed by atoms with Crippen LogP contribution in [0.2, 0.25) is 0 Å². The van der Waals surface area contributed by atoms with Gasteiger partial charge in [0.15, 0.2) is 0 Å². The Balaban J connectivity index is 0.00000196. The molecule has 4 rings (SSSR count). The third kappa shape index (κ3) is 3.27. The van der Waals surface area contributed by atoms with E-state index in [4.69, 9.17) is 9.47 Å². The Labute approximate surface area is 162 Å². The minimum absolute atomic E-state index is 0. The summed E-state index contributed by atoms with van der Waals surface area (Å²) in [6, 6.07) is 8.08. The van der Waals surface area contributed by atoms with Crippen molar-refractivity contribution in [3.63, 3.8) is 0 Å². The number of phenolic OH excluding ortho intramolecular Hbond substituents is 1. The van der Waals surface area contributed by atoms with Gasteiger partial charge in [-0.2, -0.15) is 13.5 Å². The SMILES string of the molecule is Cc1ccc([C@H]2COc3c(c(C)cc4c3CCC(C)(C)O4)C2)c(O)c1.S. The van der Waals surface area contributed by atoms with Gasteiger partial charge in [-0.1, -0.05) is 12.1 Å². The van der Waals surface area contributed by atoms with E-state index in [1.54, 1.807) is 0 Å². The quantitative estimate of drug-likeness (QED) is 0.770. The standard InChI is InChI=1S/C22H26O3.H2S/c1-13-5-6-16(19(23)9-13)15-11-18-14(2)10-20-17(21(18)24-12-15)7-8-22(3,4)25-20;/h5-6,9-10,15,23H,7-8,11-12H2,1-4H3;1H2/t15-;/m1./s1. The van der Waals surface area contributed by atoms with E-state index < -0.39 is 0 Å². The molecule has 3 nitrogen and oxygen atoms in total. The average molecular weight is 373 g/mol. The summed E-state index contributed by atoms with van der Waals surface area (Å²) in [7, 11) is 0. The van der Waals surface area contributed by atoms with Crippen LogP contribution in [-0.2, 0) is 12.8 Å². The predicted octanol–water partition coefficient (Wildman–Crippen LogP) is 4.94. The molecular weight excluding hydrogens is 344 g/mol. The maximum Gasteiger partial charge on any atom is 0.129 e. The molecule has 0 spiro atoms. The number of hydrogen-bond acceptors (Lipinski definition) is 3. The molecule has 140 valence electrons. The Bertz CT molecular complexity index is 842. The van der Waals surface area contributed by atoms with E-state index in [2.05, 4.69) is 32.9 Å². The minimum Gasteiger partial charge on any atom is -0.508 e. The lowest BCUT2D eigenvalue weighted by Crippen LogP contribution is -2.33. The van der Waals surface area contributed by atoms with Gasteiger partial charge < -0.3 is 14.6 Å². The normalized spacial score (nSPS) is 20.1. The lowest BCUT2D eigenvalue weighted by Gasteiger charge is -2.36. The molecule has 0 amide bonds. The lowest BCUT2D eigenvalue weighted by atomic mass is 9.84. The number of hydrogen-bond donors (Lipinski definition) is 1. The van der Waals surface area contributed by atoms with Gasteiger partial charge >= 0.3 is 0 Å². The van der Waals surface area contributed by atoms with Gasteiger partial charge in [0.1, 0.15) is 22.8 Å². The molecule has 4 heteroatoms. The molecular formula is C22H28O3S. The van der Waals surface area contributed by atoms with Gasteiger partial charge in [0.2, 0.25) is 0 Å². The molecule has 0 bridgehead atoms. The number of ether oxygens (including phenoxy) is 2. The summed E-state index contributed by atoms with van der Waals surface area (Å²) in [5.74, 6) is 2.56. The number of fused-ring (bicyclic) bond motifs is 3. The summed E-state index contributed by atoms with van der Waals surface area (Å²) >= 11 is 0. The summed E-state index contributed by atoms with van der Waals surface area (Å²) < 4.78 is 12.4. The van der Waals surface area contributed by atoms with Crippen molar-refractivity contribution in [3.05, 3.63) is 52.1 Å². The number of rotatable bonds is 1. The van der Waals surface area contributed by atoms with Crippen molar-refractivity contribution < 1.29 is 14.6 Å². The molecule has 1 N–H and O–H groups in total. The van der Waals surface area contributed by atoms with Gasteiger partial charge in [0.05, 0.1) is 6.61 Å². The largest absolute Gasteiger partial charge is 0.508 e. The molecule has 0 aliphatic carbocycles. The monoisotopic (exact) mass is 372 g/mol. The lowest BCUT2D eigenvalue weighted by molar-refractivity contribution is 0.0825. The van der Waals surface area contributed by atoms with Crippen molar-refractivity contribution in [1.29, 1.82) is 0 Å². The van der Waals surface area contributed by atoms with Crippen LogP contribution in [0.25, 0.3) is 0 Å². The maximum absolute atomic E-state index is 10.3. The van der Waals surface area contributed by atoms with Crippen LogP contribution in [0.15, 0.2) is 24.3 Å². The molecule has 2 aromatic carbocycles. The van der Waals surface area contributed by atoms with Gasteiger partial charge in [0.25, 0.3) is 0 Å². The predicted molar refractivity (Wildman–Crippen MR) is 109 cm³/mol. The molecule has 0 aromatic heterocycles. The highest BCUT2D eigenvalue weighted by Gasteiger charge is 2.33. The summed E-state index contributed by atoms with van der Waals surface area (Å²) in [5, 5.41) is 10.3. The van der Waals surface area contributed by atoms with E-state index in [9.17, 15) is 5.11 Å². The molecule has 2 aliphatic rings. The van der Waals surface area contributed by atoms with Gasteiger partial charge in [-0.25, -0.2) is 0 Å². The van der Waals surface area contributed by atoms with Crippen LogP contribution in [-0.4, -0.2) is 17.3 Å². The Morgan fingerprint density at radius 3 is 2.62 bits per heavy atom. The second-order valence-corrected chi connectivity index (χ2v) is 8.11. The molecule has 2 heterocycles. The van der Waals surface area contributed by atoms with Crippen molar-refractivity contribution >= 4 is 13.5 Å². The Hall–Kier alpha value is -1.81. The molecule has 0 unspecified atom stereocenters. The fourth-order valence-electron chi connectivity index (χ4n) is 4.06. The Kier molecular flexibility index (Phi) is 4.91. The fourth-order valence-corrected chi connectivity index (χ4v) is 4.06. The van der Waals surface area contributed by atoms with Crippen LogP contribution >= 0.6 is 13.5 Å². The molecule has 0 radical (unpaired) electrons. The zero-order valence-electron chi connectivity index (χ0n) is 16.0. The van der Waals surface area contributed by atoms with Crippen molar-refractivity contribution in [3.8, 4) is 17.2 Å². The van der Waals surface area contributed by atoms with Crippen molar-refractivity contribution in [2.75, 3.05) is 6.61 Å². The van der Waals surface area contributed by atoms with Crippen LogP contribution in [0.3, 0.4) is 0 Å². The van der Waals surface area contributed by atoms with Crippen LogP contribution in [0, 0.1) is 13.8 Å². The van der Waals surface area contributed by atoms with Crippen molar-refractivity contribution in [2.24, 2.45) is 0 Å². The van der Waals surface area contributed by atoms with E-state index in [0.717, 1.165) is 41.9 Å². The fraction of sp³-hybridized carbons (Fsp3) is 0.455. The third-order valence-electron chi connectivity index (χ3n) is 5.54. The number of aromatic hydroxyl groups is 1. The van der Waals surface area contributed by atoms with Crippen LogP contribution in [0.5, 0.6) is 17.2 Å². The van der Waals surface area contributed by atoms with Crippen molar-refractivity contribution in [1.82, 2.24) is 0 Å². The van der Waals surface area contributed by atoms with Gasteiger partial charge in [-0.3, -0.25) is 0 Å². The van der Waals surface area contributed by atoms with E-state index >= 15 is 0 Å². The number of aryl methyl sites for hydroxylation is 2. The summed E-state index contributed by atoms with van der Waals surface area (Å²) in [6.45, 7) is 9.01. The first kappa shape index (κ1) is 19.0. The maximum atomic E-state index is 10.3. The first-order valence-electron chi connectivity index (χ1n) is 9.11. The molecule has 2 aliphatic heterocycles. The second-order valence-electron chi connectivity index (χ2n) is 8.11. The third-order valence-corrected chi connectivity index (χ3v) is 5.54. The highest BCUT2D eigenvalue weighted by Crippen LogP contribution is 2.46. The molecule has 2 aromatic rings. The average Bonchev–Trinajstić information content (AvgIpc) is 2.54. The Morgan fingerprint density at radius 1 is 1.12 bits per heavy atom. The van der Waals surface area contributed by atoms with Gasteiger partial charge in [-0.05, 0) is 75.8 Å². The number of benzene rings is 2. The summed E-state index contributed by atoms with van der Waals surface area (Å²) in [5.41, 5.74) is 5.63. The molecule has 0 saturated carbocycles.